The molecular weight excluding hydrogens is 384 g/mol. The van der Waals surface area contributed by atoms with E-state index >= 15 is 0 Å². The molecule has 0 bridgehead atoms. The van der Waals surface area contributed by atoms with Crippen LogP contribution in [0.25, 0.3) is 11.0 Å². The van der Waals surface area contributed by atoms with Crippen molar-refractivity contribution < 1.29 is 38.7 Å². The fraction of sp³-hybridized carbons (Fsp3) is 0.250. The van der Waals surface area contributed by atoms with Crippen LogP contribution in [-0.4, -0.2) is 42.3 Å². The Morgan fingerprint density at radius 2 is 1.76 bits per heavy atom. The van der Waals surface area contributed by atoms with E-state index in [0.717, 1.165) is 0 Å². The summed E-state index contributed by atoms with van der Waals surface area (Å²) < 4.78 is 27.7. The maximum atomic E-state index is 11.7. The number of ether oxygens (including phenoxy) is 4. The molecule has 0 radical (unpaired) electrons. The molecule has 0 aliphatic carbocycles. The zero-order valence-corrected chi connectivity index (χ0v) is 15.5. The maximum Gasteiger partial charge on any atom is 0.336 e. The van der Waals surface area contributed by atoms with Gasteiger partial charge >= 0.3 is 5.63 Å². The Bertz CT molecular complexity index is 1130. The smallest absolute Gasteiger partial charge is 0.336 e. The third-order valence-electron chi connectivity index (χ3n) is 4.66. The third-order valence-corrected chi connectivity index (χ3v) is 4.66. The van der Waals surface area contributed by atoms with E-state index in [9.17, 15) is 20.1 Å². The summed E-state index contributed by atoms with van der Waals surface area (Å²) in [5.41, 5.74) is -0.0146. The van der Waals surface area contributed by atoms with Gasteiger partial charge in [0.15, 0.2) is 35.0 Å². The lowest BCUT2D eigenvalue weighted by Gasteiger charge is -2.34. The number of phenolic OH excluding ortho intramolecular Hbond substituents is 2. The van der Waals surface area contributed by atoms with Crippen LogP contribution in [0, 0.1) is 0 Å². The van der Waals surface area contributed by atoms with Crippen molar-refractivity contribution in [3.8, 4) is 34.5 Å². The van der Waals surface area contributed by atoms with Crippen molar-refractivity contribution in [3.63, 3.8) is 0 Å². The Kier molecular flexibility index (Phi) is 4.59. The average Bonchev–Trinajstić information content (AvgIpc) is 2.74. The number of rotatable bonds is 4. The normalized spacial score (nSPS) is 17.9. The highest BCUT2D eigenvalue weighted by Gasteiger charge is 2.37. The lowest BCUT2D eigenvalue weighted by molar-refractivity contribution is -0.0136. The Morgan fingerprint density at radius 3 is 2.45 bits per heavy atom. The largest absolute Gasteiger partial charge is 0.504 e. The van der Waals surface area contributed by atoms with Crippen LogP contribution in [0.3, 0.4) is 0 Å². The van der Waals surface area contributed by atoms with Gasteiger partial charge < -0.3 is 38.7 Å². The topological polar surface area (TPSA) is 128 Å². The number of hydrogen-bond acceptors (Lipinski definition) is 9. The summed E-state index contributed by atoms with van der Waals surface area (Å²) in [6.07, 6.45) is -1.79. The summed E-state index contributed by atoms with van der Waals surface area (Å²) in [7, 11) is 2.79. The first-order valence-corrected chi connectivity index (χ1v) is 8.65. The average molecular weight is 402 g/mol. The van der Waals surface area contributed by atoms with Crippen LogP contribution in [0.2, 0.25) is 0 Å². The van der Waals surface area contributed by atoms with Gasteiger partial charge in [0.1, 0.15) is 0 Å². The third kappa shape index (κ3) is 3.05. The van der Waals surface area contributed by atoms with E-state index in [-0.39, 0.29) is 22.8 Å². The monoisotopic (exact) mass is 402 g/mol. The van der Waals surface area contributed by atoms with Crippen molar-refractivity contribution in [3.05, 3.63) is 46.3 Å². The minimum Gasteiger partial charge on any atom is -0.504 e. The van der Waals surface area contributed by atoms with E-state index in [0.29, 0.717) is 16.7 Å². The van der Waals surface area contributed by atoms with Crippen molar-refractivity contribution in [2.45, 2.75) is 12.2 Å². The fourth-order valence-electron chi connectivity index (χ4n) is 3.28. The molecule has 0 saturated carbocycles. The van der Waals surface area contributed by atoms with Gasteiger partial charge in [-0.1, -0.05) is 0 Å². The standard InChI is InChI=1S/C20H18O9/c1-25-12-7-10(5-11(22)16(12)24)17-14(8-21)27-20-18-9(3-4-15(23)28-18)6-13(26-2)19(20)29-17/h3-7,14,17,21-22,24H,8H2,1-2H3/t14-,17-/m1/s1. The molecule has 9 nitrogen and oxygen atoms in total. The molecule has 1 aromatic heterocycles. The second kappa shape index (κ2) is 7.10. The molecule has 0 saturated heterocycles. The molecule has 152 valence electrons. The maximum absolute atomic E-state index is 11.7. The highest BCUT2D eigenvalue weighted by Crippen LogP contribution is 2.50. The van der Waals surface area contributed by atoms with Crippen LogP contribution < -0.4 is 24.6 Å². The molecule has 1 aliphatic heterocycles. The van der Waals surface area contributed by atoms with E-state index in [1.54, 1.807) is 12.1 Å². The van der Waals surface area contributed by atoms with Crippen molar-refractivity contribution >= 4 is 11.0 Å². The minimum atomic E-state index is -0.906. The van der Waals surface area contributed by atoms with Crippen LogP contribution in [0.15, 0.2) is 39.5 Å². The molecule has 2 aromatic carbocycles. The van der Waals surface area contributed by atoms with Gasteiger partial charge in [0.2, 0.25) is 17.2 Å². The van der Waals surface area contributed by atoms with Gasteiger partial charge in [-0.2, -0.15) is 0 Å². The molecule has 0 unspecified atom stereocenters. The number of aliphatic hydroxyl groups excluding tert-OH is 1. The van der Waals surface area contributed by atoms with Gasteiger partial charge in [-0.3, -0.25) is 0 Å². The highest BCUT2D eigenvalue weighted by atomic mass is 16.6. The van der Waals surface area contributed by atoms with Gasteiger partial charge in [0.25, 0.3) is 0 Å². The fourth-order valence-corrected chi connectivity index (χ4v) is 3.28. The van der Waals surface area contributed by atoms with Crippen molar-refractivity contribution in [2.24, 2.45) is 0 Å². The quantitative estimate of drug-likeness (QED) is 0.444. The first-order chi connectivity index (χ1) is 14.0. The first-order valence-electron chi connectivity index (χ1n) is 8.65. The molecule has 0 spiro atoms. The zero-order valence-electron chi connectivity index (χ0n) is 15.5. The van der Waals surface area contributed by atoms with E-state index in [2.05, 4.69) is 0 Å². The summed E-state index contributed by atoms with van der Waals surface area (Å²) >= 11 is 0. The molecular formula is C20H18O9. The predicted molar refractivity (Wildman–Crippen MR) is 100 cm³/mol. The van der Waals surface area contributed by atoms with Crippen LogP contribution in [0.4, 0.5) is 0 Å². The Labute approximate surface area is 164 Å². The van der Waals surface area contributed by atoms with Crippen LogP contribution in [-0.2, 0) is 0 Å². The van der Waals surface area contributed by atoms with Crippen LogP contribution in [0.1, 0.15) is 11.7 Å². The Balaban J connectivity index is 1.89. The predicted octanol–water partition coefficient (Wildman–Crippen LogP) is 2.09. The summed E-state index contributed by atoms with van der Waals surface area (Å²) in [6.45, 7) is -0.441. The number of aromatic hydroxyl groups is 2. The highest BCUT2D eigenvalue weighted by molar-refractivity contribution is 5.88. The summed E-state index contributed by atoms with van der Waals surface area (Å²) in [4.78, 5) is 11.7. The molecule has 2 atom stereocenters. The van der Waals surface area contributed by atoms with E-state index < -0.39 is 35.9 Å². The molecule has 0 fully saturated rings. The van der Waals surface area contributed by atoms with Crippen molar-refractivity contribution in [1.29, 1.82) is 0 Å². The zero-order chi connectivity index (χ0) is 20.7. The summed E-state index contributed by atoms with van der Waals surface area (Å²) in [6, 6.07) is 7.22. The minimum absolute atomic E-state index is 0.0301. The van der Waals surface area contributed by atoms with Crippen LogP contribution in [0.5, 0.6) is 34.5 Å². The lowest BCUT2D eigenvalue weighted by Crippen LogP contribution is -2.36. The molecule has 4 rings (SSSR count). The van der Waals surface area contributed by atoms with Gasteiger partial charge in [0.05, 0.1) is 20.8 Å². The molecule has 9 heteroatoms. The second-order valence-electron chi connectivity index (χ2n) is 6.38. The molecule has 3 aromatic rings. The second-order valence-corrected chi connectivity index (χ2v) is 6.38. The molecule has 0 amide bonds. The number of methoxy groups -OCH3 is 2. The molecule has 2 heterocycles. The van der Waals surface area contributed by atoms with Crippen molar-refractivity contribution in [1.82, 2.24) is 0 Å². The lowest BCUT2D eigenvalue weighted by atomic mass is 10.0. The number of fused-ring (bicyclic) bond motifs is 3. The number of hydrogen-bond donors (Lipinski definition) is 3. The van der Waals surface area contributed by atoms with Gasteiger partial charge in [0, 0.05) is 17.0 Å². The first kappa shape index (κ1) is 18.8. The van der Waals surface area contributed by atoms with E-state index in [1.807, 2.05) is 0 Å². The molecule has 29 heavy (non-hydrogen) atoms. The van der Waals surface area contributed by atoms with E-state index in [1.165, 1.54) is 32.4 Å². The Morgan fingerprint density at radius 1 is 1.00 bits per heavy atom. The summed E-state index contributed by atoms with van der Waals surface area (Å²) in [5, 5.41) is 30.3. The SMILES string of the molecule is COc1cc([C@H]2Oc3c(OC)cc4ccc(=O)oc4c3O[C@@H]2CO)cc(O)c1O. The van der Waals surface area contributed by atoms with Gasteiger partial charge in [-0.25, -0.2) is 4.79 Å². The number of phenols is 2. The van der Waals surface area contributed by atoms with Crippen LogP contribution >= 0.6 is 0 Å². The molecule has 3 N–H and O–H groups in total. The van der Waals surface area contributed by atoms with Gasteiger partial charge in [-0.15, -0.1) is 0 Å². The molecule has 1 aliphatic rings. The number of benzene rings is 2. The Hall–Kier alpha value is -3.59. The van der Waals surface area contributed by atoms with Gasteiger partial charge in [-0.05, 0) is 24.3 Å². The van der Waals surface area contributed by atoms with Crippen molar-refractivity contribution in [2.75, 3.05) is 20.8 Å². The number of aliphatic hydroxyl groups is 1. The summed E-state index contributed by atoms with van der Waals surface area (Å²) in [5.74, 6) is -0.167. The van der Waals surface area contributed by atoms with E-state index in [4.69, 9.17) is 23.4 Å².